The fourth-order valence-corrected chi connectivity index (χ4v) is 3.35. The van der Waals surface area contributed by atoms with Crippen LogP contribution >= 0.6 is 0 Å². The highest BCUT2D eigenvalue weighted by Crippen LogP contribution is 2.31. The molecule has 3 N–H and O–H groups in total. The first kappa shape index (κ1) is 15.9. The predicted octanol–water partition coefficient (Wildman–Crippen LogP) is 0.0940. The summed E-state index contributed by atoms with van der Waals surface area (Å²) in [5, 5.41) is 2.80. The highest BCUT2D eigenvalue weighted by Gasteiger charge is 2.46. The summed E-state index contributed by atoms with van der Waals surface area (Å²) in [6.45, 7) is 3.27. The van der Waals surface area contributed by atoms with Gasteiger partial charge in [0, 0.05) is 37.9 Å². The largest absolute Gasteiger partial charge is 0.356 e. The van der Waals surface area contributed by atoms with E-state index in [1.165, 1.54) is 0 Å². The van der Waals surface area contributed by atoms with E-state index in [1.54, 1.807) is 17.3 Å². The van der Waals surface area contributed by atoms with Crippen molar-refractivity contribution in [2.24, 2.45) is 5.73 Å². The predicted molar refractivity (Wildman–Crippen MR) is 84.3 cm³/mol. The van der Waals surface area contributed by atoms with E-state index in [-0.39, 0.29) is 17.9 Å². The van der Waals surface area contributed by atoms with Crippen LogP contribution in [0.15, 0.2) is 12.4 Å². The summed E-state index contributed by atoms with van der Waals surface area (Å²) in [6, 6.07) is -0.0746. The molecule has 0 radical (unpaired) electrons. The molecule has 7 heteroatoms. The average Bonchev–Trinajstić information content (AvgIpc) is 2.57. The Bertz CT molecular complexity index is 603. The Morgan fingerprint density at radius 2 is 2.13 bits per heavy atom. The van der Waals surface area contributed by atoms with Gasteiger partial charge in [-0.15, -0.1) is 0 Å². The first-order valence-corrected chi connectivity index (χ1v) is 8.22. The number of nitrogens with one attached hydrogen (secondary N) is 1. The van der Waals surface area contributed by atoms with Crippen LogP contribution in [0.5, 0.6) is 0 Å². The Morgan fingerprint density at radius 3 is 2.78 bits per heavy atom. The zero-order chi connectivity index (χ0) is 16.4. The summed E-state index contributed by atoms with van der Waals surface area (Å²) in [5.74, 6) is 0.211. The van der Waals surface area contributed by atoms with E-state index < -0.39 is 5.54 Å². The number of nitrogens with zero attached hydrogens (tertiary/aromatic N) is 3. The number of nitrogens with two attached hydrogens (primary N) is 1. The summed E-state index contributed by atoms with van der Waals surface area (Å²) >= 11 is 0. The maximum absolute atomic E-state index is 13.0. The lowest BCUT2D eigenvalue weighted by atomic mass is 9.86. The molecule has 1 aromatic heterocycles. The molecule has 2 fully saturated rings. The third-order valence-corrected chi connectivity index (χ3v) is 4.79. The van der Waals surface area contributed by atoms with E-state index in [1.807, 2.05) is 6.92 Å². The number of piperidine rings is 2. The van der Waals surface area contributed by atoms with Crippen LogP contribution in [0.25, 0.3) is 0 Å². The average molecular weight is 317 g/mol. The van der Waals surface area contributed by atoms with Crippen LogP contribution in [0.1, 0.15) is 44.0 Å². The molecule has 2 aliphatic rings. The second-order valence-electron chi connectivity index (χ2n) is 6.34. The van der Waals surface area contributed by atoms with Gasteiger partial charge in [-0.05, 0) is 31.2 Å². The number of aromatic nitrogens is 2. The first-order valence-electron chi connectivity index (χ1n) is 8.22. The minimum absolute atomic E-state index is 0.00852. The minimum Gasteiger partial charge on any atom is -0.356 e. The van der Waals surface area contributed by atoms with Crippen LogP contribution < -0.4 is 11.1 Å². The molecular weight excluding hydrogens is 294 g/mol. The van der Waals surface area contributed by atoms with Crippen LogP contribution in [0, 0.1) is 0 Å². The van der Waals surface area contributed by atoms with E-state index >= 15 is 0 Å². The molecule has 2 aliphatic heterocycles. The summed E-state index contributed by atoms with van der Waals surface area (Å²) in [4.78, 5) is 35.0. The molecule has 0 unspecified atom stereocenters. The van der Waals surface area contributed by atoms with Gasteiger partial charge in [0.2, 0.25) is 5.91 Å². The van der Waals surface area contributed by atoms with Crippen LogP contribution in [0.4, 0.5) is 0 Å². The van der Waals surface area contributed by atoms with Crippen molar-refractivity contribution >= 4 is 11.8 Å². The summed E-state index contributed by atoms with van der Waals surface area (Å²) in [6.07, 6.45) is 6.75. The lowest BCUT2D eigenvalue weighted by Crippen LogP contribution is -2.61. The van der Waals surface area contributed by atoms with Gasteiger partial charge >= 0.3 is 0 Å². The van der Waals surface area contributed by atoms with Crippen LogP contribution in [-0.4, -0.2) is 45.8 Å². The van der Waals surface area contributed by atoms with Crippen LogP contribution in [0.2, 0.25) is 0 Å². The molecule has 2 saturated heterocycles. The maximum Gasteiger partial charge on any atom is 0.250 e. The molecule has 0 aromatic carbocycles. The van der Waals surface area contributed by atoms with Crippen LogP contribution in [0.3, 0.4) is 0 Å². The number of aryl methyl sites for hydroxylation is 1. The third-order valence-electron chi connectivity index (χ3n) is 4.79. The number of carbonyl (C=O) groups is 2. The Labute approximate surface area is 135 Å². The number of carbonyl (C=O) groups excluding carboxylic acids is 2. The molecule has 0 aliphatic carbocycles. The number of hydrogen-bond acceptors (Lipinski definition) is 5. The third kappa shape index (κ3) is 2.93. The fraction of sp³-hybridized carbons (Fsp3) is 0.625. The van der Waals surface area contributed by atoms with Gasteiger partial charge in [-0.25, -0.2) is 9.97 Å². The Hall–Kier alpha value is -2.02. The van der Waals surface area contributed by atoms with Crippen molar-refractivity contribution in [1.82, 2.24) is 20.2 Å². The molecule has 124 valence electrons. The van der Waals surface area contributed by atoms with E-state index in [2.05, 4.69) is 15.3 Å². The van der Waals surface area contributed by atoms with Crippen molar-refractivity contribution in [3.63, 3.8) is 0 Å². The molecule has 2 amide bonds. The van der Waals surface area contributed by atoms with Crippen molar-refractivity contribution in [3.05, 3.63) is 23.8 Å². The van der Waals surface area contributed by atoms with Crippen molar-refractivity contribution in [2.45, 2.75) is 50.6 Å². The molecule has 2 atom stereocenters. The minimum atomic E-state index is -1.18. The van der Waals surface area contributed by atoms with Gasteiger partial charge in [-0.1, -0.05) is 6.92 Å². The smallest absolute Gasteiger partial charge is 0.250 e. The normalized spacial score (nSPS) is 28.6. The summed E-state index contributed by atoms with van der Waals surface area (Å²) in [7, 11) is 0. The standard InChI is InChI=1S/C16H23N5O2/c1-2-11-9-19-14(20-10-11)16(17)5-3-7-21(15(16)23)12-4-6-18-13(22)8-12/h9-10,12H,2-8,17H2,1H3,(H,18,22)/t12-,16+/m0/s1. The van der Waals surface area contributed by atoms with E-state index in [4.69, 9.17) is 5.73 Å². The van der Waals surface area contributed by atoms with Gasteiger partial charge in [-0.2, -0.15) is 0 Å². The van der Waals surface area contributed by atoms with Crippen molar-refractivity contribution in [1.29, 1.82) is 0 Å². The zero-order valence-electron chi connectivity index (χ0n) is 13.4. The number of hydrogen-bond donors (Lipinski definition) is 2. The topological polar surface area (TPSA) is 101 Å². The Kier molecular flexibility index (Phi) is 4.30. The highest BCUT2D eigenvalue weighted by atomic mass is 16.2. The maximum atomic E-state index is 13.0. The summed E-state index contributed by atoms with van der Waals surface area (Å²) in [5.41, 5.74) is 6.26. The van der Waals surface area contributed by atoms with Crippen molar-refractivity contribution in [2.75, 3.05) is 13.1 Å². The second kappa shape index (κ2) is 6.23. The molecule has 7 nitrogen and oxygen atoms in total. The second-order valence-corrected chi connectivity index (χ2v) is 6.34. The Morgan fingerprint density at radius 1 is 1.39 bits per heavy atom. The van der Waals surface area contributed by atoms with E-state index in [0.29, 0.717) is 31.8 Å². The number of likely N-dealkylation sites (tertiary alicyclic amines) is 1. The lowest BCUT2D eigenvalue weighted by Gasteiger charge is -2.43. The van der Waals surface area contributed by atoms with Crippen molar-refractivity contribution in [3.8, 4) is 0 Å². The summed E-state index contributed by atoms with van der Waals surface area (Å²) < 4.78 is 0. The monoisotopic (exact) mass is 317 g/mol. The van der Waals surface area contributed by atoms with Gasteiger partial charge in [0.05, 0.1) is 0 Å². The molecule has 0 spiro atoms. The van der Waals surface area contributed by atoms with E-state index in [0.717, 1.165) is 24.8 Å². The highest BCUT2D eigenvalue weighted by molar-refractivity contribution is 5.88. The van der Waals surface area contributed by atoms with Gasteiger partial charge in [-0.3, -0.25) is 9.59 Å². The molecule has 23 heavy (non-hydrogen) atoms. The SMILES string of the molecule is CCc1cnc([C@]2(N)CCCN([C@H]3CCNC(=O)C3)C2=O)nc1. The van der Waals surface area contributed by atoms with Gasteiger partial charge in [0.15, 0.2) is 11.4 Å². The van der Waals surface area contributed by atoms with Crippen LogP contribution in [-0.2, 0) is 21.5 Å². The Balaban J connectivity index is 1.84. The van der Waals surface area contributed by atoms with Gasteiger partial charge in [0.1, 0.15) is 0 Å². The molecule has 3 heterocycles. The molecule has 1 aromatic rings. The lowest BCUT2D eigenvalue weighted by molar-refractivity contribution is -0.145. The first-order chi connectivity index (χ1) is 11.0. The zero-order valence-corrected chi connectivity index (χ0v) is 13.4. The quantitative estimate of drug-likeness (QED) is 0.823. The number of amides is 2. The van der Waals surface area contributed by atoms with E-state index in [9.17, 15) is 9.59 Å². The van der Waals surface area contributed by atoms with Crippen molar-refractivity contribution < 1.29 is 9.59 Å². The molecular formula is C16H23N5O2. The molecule has 3 rings (SSSR count). The number of rotatable bonds is 3. The fourth-order valence-electron chi connectivity index (χ4n) is 3.35. The van der Waals surface area contributed by atoms with Gasteiger partial charge in [0.25, 0.3) is 5.91 Å². The molecule has 0 bridgehead atoms. The van der Waals surface area contributed by atoms with Gasteiger partial charge < -0.3 is 16.0 Å². The molecule has 0 saturated carbocycles.